The van der Waals surface area contributed by atoms with Gasteiger partial charge in [0, 0.05) is 0 Å². The van der Waals surface area contributed by atoms with Crippen LogP contribution in [0.1, 0.15) is 5.56 Å². The van der Waals surface area contributed by atoms with E-state index in [2.05, 4.69) is 41.3 Å². The summed E-state index contributed by atoms with van der Waals surface area (Å²) < 4.78 is 9.14. The number of rotatable bonds is 6. The van der Waals surface area contributed by atoms with E-state index in [-0.39, 0.29) is 24.7 Å². The number of ether oxygens (including phenoxy) is 2. The summed E-state index contributed by atoms with van der Waals surface area (Å²) in [7, 11) is 0. The second kappa shape index (κ2) is 12.6. The van der Waals surface area contributed by atoms with Gasteiger partial charge >= 0.3 is 11.9 Å². The number of carbonyl (C=O) groups excluding carboxylic acids is 2. The maximum atomic E-state index is 10.5. The Kier molecular flexibility index (Phi) is 11.7. The highest BCUT2D eigenvalue weighted by Gasteiger charge is 2.00. The molecular formula is C14H18O4S2. The summed E-state index contributed by atoms with van der Waals surface area (Å²) in [5.41, 5.74) is 1.17. The number of carbonyl (C=O) groups is 2. The molecule has 0 saturated carbocycles. The number of esters is 2. The lowest BCUT2D eigenvalue weighted by molar-refractivity contribution is -0.148. The van der Waals surface area contributed by atoms with Crippen molar-refractivity contribution in [2.45, 2.75) is 0 Å². The molecule has 0 aliphatic rings. The Balaban J connectivity index is 0.000000388. The summed E-state index contributed by atoms with van der Waals surface area (Å²) in [5.74, 6) is -0.804. The highest BCUT2D eigenvalue weighted by Crippen LogP contribution is 1.97. The molecule has 20 heavy (non-hydrogen) atoms. The average molecular weight is 314 g/mol. The molecule has 0 atom stereocenters. The van der Waals surface area contributed by atoms with E-state index in [1.54, 1.807) is 0 Å². The summed E-state index contributed by atoms with van der Waals surface area (Å²) in [6.45, 7) is 3.77. The molecule has 0 radical (unpaired) electrons. The maximum Gasteiger partial charge on any atom is 0.315 e. The van der Waals surface area contributed by atoms with Crippen molar-refractivity contribution in [1.29, 1.82) is 0 Å². The summed E-state index contributed by atoms with van der Waals surface area (Å²) in [6, 6.07) is 10.0. The largest absolute Gasteiger partial charge is 0.461 e. The van der Waals surface area contributed by atoms with Crippen LogP contribution in [0.2, 0.25) is 0 Å². The molecule has 1 aromatic rings. The monoisotopic (exact) mass is 314 g/mol. The SMILES string of the molecule is C=Cc1ccccc1.O=C(CS)OCCOC(=O)CS. The molecule has 0 fully saturated rings. The Labute approximate surface area is 130 Å². The third-order valence-corrected chi connectivity index (χ3v) is 2.42. The minimum Gasteiger partial charge on any atom is -0.461 e. The van der Waals surface area contributed by atoms with E-state index in [0.29, 0.717) is 0 Å². The van der Waals surface area contributed by atoms with Gasteiger partial charge in [-0.25, -0.2) is 0 Å². The van der Waals surface area contributed by atoms with E-state index in [0.717, 1.165) is 0 Å². The number of hydrogen-bond donors (Lipinski definition) is 2. The number of hydrogen-bond acceptors (Lipinski definition) is 6. The molecule has 6 heteroatoms. The van der Waals surface area contributed by atoms with Gasteiger partial charge < -0.3 is 9.47 Å². The fourth-order valence-electron chi connectivity index (χ4n) is 0.991. The highest BCUT2D eigenvalue weighted by atomic mass is 32.1. The topological polar surface area (TPSA) is 52.6 Å². The van der Waals surface area contributed by atoms with Crippen LogP contribution in [0.25, 0.3) is 6.08 Å². The molecule has 0 aliphatic carbocycles. The van der Waals surface area contributed by atoms with Gasteiger partial charge in [0.05, 0.1) is 11.5 Å². The average Bonchev–Trinajstić information content (AvgIpc) is 2.52. The first-order valence-corrected chi connectivity index (χ1v) is 7.11. The molecule has 0 bridgehead atoms. The second-order valence-electron chi connectivity index (χ2n) is 3.37. The van der Waals surface area contributed by atoms with E-state index in [9.17, 15) is 9.59 Å². The van der Waals surface area contributed by atoms with Crippen LogP contribution in [0.4, 0.5) is 0 Å². The lowest BCUT2D eigenvalue weighted by atomic mass is 10.2. The van der Waals surface area contributed by atoms with Gasteiger partial charge in [0.1, 0.15) is 13.2 Å². The smallest absolute Gasteiger partial charge is 0.315 e. The van der Waals surface area contributed by atoms with E-state index in [1.807, 2.05) is 36.4 Å². The van der Waals surface area contributed by atoms with Crippen LogP contribution in [-0.4, -0.2) is 36.7 Å². The van der Waals surface area contributed by atoms with Gasteiger partial charge in [-0.05, 0) is 5.56 Å². The summed E-state index contributed by atoms with van der Waals surface area (Å²) in [6.07, 6.45) is 1.83. The molecule has 0 aromatic heterocycles. The second-order valence-corrected chi connectivity index (χ2v) is 4.00. The predicted molar refractivity (Wildman–Crippen MR) is 86.2 cm³/mol. The third kappa shape index (κ3) is 10.5. The molecule has 0 heterocycles. The zero-order chi connectivity index (χ0) is 15.2. The van der Waals surface area contributed by atoms with Crippen LogP contribution in [0, 0.1) is 0 Å². The molecule has 1 aromatic carbocycles. The van der Waals surface area contributed by atoms with Crippen molar-refractivity contribution >= 4 is 43.3 Å². The fraction of sp³-hybridized carbons (Fsp3) is 0.286. The van der Waals surface area contributed by atoms with Gasteiger partial charge in [-0.1, -0.05) is 43.0 Å². The highest BCUT2D eigenvalue weighted by molar-refractivity contribution is 7.81. The molecule has 4 nitrogen and oxygen atoms in total. The predicted octanol–water partition coefficient (Wildman–Crippen LogP) is 2.26. The standard InChI is InChI=1S/C8H8.C6H10O4S2/c1-2-8-6-4-3-5-7-8;7-5(3-11)9-1-2-10-6(8)4-12/h2-7H,1H2;11-12H,1-4H2. The van der Waals surface area contributed by atoms with Crippen LogP contribution in [-0.2, 0) is 19.1 Å². The molecule has 0 unspecified atom stereocenters. The normalized spacial score (nSPS) is 8.90. The molecule has 0 amide bonds. The third-order valence-electron chi connectivity index (χ3n) is 1.90. The first-order valence-electron chi connectivity index (χ1n) is 5.84. The molecule has 0 N–H and O–H groups in total. The quantitative estimate of drug-likeness (QED) is 0.480. The van der Waals surface area contributed by atoms with Gasteiger partial charge in [0.2, 0.25) is 0 Å². The Morgan fingerprint density at radius 1 is 1.00 bits per heavy atom. The van der Waals surface area contributed by atoms with Crippen molar-refractivity contribution in [3.05, 3.63) is 42.5 Å². The molecule has 1 rings (SSSR count). The Morgan fingerprint density at radius 3 is 1.75 bits per heavy atom. The minimum absolute atomic E-state index is 0.0283. The summed E-state index contributed by atoms with van der Waals surface area (Å²) in [4.78, 5) is 20.9. The van der Waals surface area contributed by atoms with Crippen molar-refractivity contribution < 1.29 is 19.1 Å². The number of benzene rings is 1. The van der Waals surface area contributed by atoms with Crippen molar-refractivity contribution in [1.82, 2.24) is 0 Å². The molecule has 0 saturated heterocycles. The maximum absolute atomic E-state index is 10.5. The minimum atomic E-state index is -0.430. The number of thiol groups is 2. The molecule has 0 aliphatic heterocycles. The van der Waals surface area contributed by atoms with Crippen molar-refractivity contribution in [3.63, 3.8) is 0 Å². The van der Waals surface area contributed by atoms with Gasteiger partial charge in [0.25, 0.3) is 0 Å². The molecule has 110 valence electrons. The Hall–Kier alpha value is -1.40. The fourth-order valence-corrected chi connectivity index (χ4v) is 1.17. The Bertz CT molecular complexity index is 389. The zero-order valence-electron chi connectivity index (χ0n) is 11.0. The molecule has 0 spiro atoms. The summed E-state index contributed by atoms with van der Waals surface area (Å²) in [5, 5.41) is 0. The van der Waals surface area contributed by atoms with Gasteiger partial charge in [-0.3, -0.25) is 9.59 Å². The first kappa shape index (κ1) is 18.6. The van der Waals surface area contributed by atoms with Crippen LogP contribution < -0.4 is 0 Å². The van der Waals surface area contributed by atoms with Gasteiger partial charge in [0.15, 0.2) is 0 Å². The van der Waals surface area contributed by atoms with E-state index < -0.39 is 11.9 Å². The van der Waals surface area contributed by atoms with Crippen LogP contribution in [0.5, 0.6) is 0 Å². The van der Waals surface area contributed by atoms with Gasteiger partial charge in [-0.15, -0.1) is 0 Å². The van der Waals surface area contributed by atoms with Crippen molar-refractivity contribution in [2.75, 3.05) is 24.7 Å². The van der Waals surface area contributed by atoms with Crippen molar-refractivity contribution in [2.24, 2.45) is 0 Å². The van der Waals surface area contributed by atoms with Crippen LogP contribution in [0.3, 0.4) is 0 Å². The van der Waals surface area contributed by atoms with Crippen molar-refractivity contribution in [3.8, 4) is 0 Å². The lowest BCUT2D eigenvalue weighted by Gasteiger charge is -2.03. The van der Waals surface area contributed by atoms with E-state index in [1.165, 1.54) is 5.56 Å². The first-order chi connectivity index (χ1) is 9.63. The van der Waals surface area contributed by atoms with E-state index in [4.69, 9.17) is 0 Å². The lowest BCUT2D eigenvalue weighted by Crippen LogP contribution is -2.14. The van der Waals surface area contributed by atoms with E-state index >= 15 is 0 Å². The Morgan fingerprint density at radius 2 is 1.45 bits per heavy atom. The van der Waals surface area contributed by atoms with Crippen LogP contribution >= 0.6 is 25.3 Å². The molecular weight excluding hydrogens is 296 g/mol. The van der Waals surface area contributed by atoms with Gasteiger partial charge in [-0.2, -0.15) is 25.3 Å². The summed E-state index contributed by atoms with van der Waals surface area (Å²) >= 11 is 7.36. The zero-order valence-corrected chi connectivity index (χ0v) is 12.8. The van der Waals surface area contributed by atoms with Crippen LogP contribution in [0.15, 0.2) is 36.9 Å².